The smallest absolute Gasteiger partial charge is 0.362 e. The van der Waals surface area contributed by atoms with Gasteiger partial charge in [0.2, 0.25) is 0 Å². The molecule has 0 unspecified atom stereocenters. The second-order valence-electron chi connectivity index (χ2n) is 4.82. The molecule has 0 amide bonds. The Morgan fingerprint density at radius 1 is 1.04 bits per heavy atom. The first-order chi connectivity index (χ1) is 11.3. The van der Waals surface area contributed by atoms with E-state index in [2.05, 4.69) is 10.3 Å². The summed E-state index contributed by atoms with van der Waals surface area (Å²) in [6, 6.07) is 18.8. The lowest BCUT2D eigenvalue weighted by Crippen LogP contribution is -2.16. The van der Waals surface area contributed by atoms with Crippen LogP contribution < -0.4 is 10.6 Å². The van der Waals surface area contributed by atoms with Crippen LogP contribution in [-0.4, -0.2) is 7.05 Å². The third-order valence-corrected chi connectivity index (χ3v) is 3.26. The van der Waals surface area contributed by atoms with E-state index in [1.54, 1.807) is 25.4 Å². The van der Waals surface area contributed by atoms with Gasteiger partial charge < -0.3 is 4.42 Å². The van der Waals surface area contributed by atoms with E-state index in [9.17, 15) is 4.79 Å². The number of hydrogen-bond acceptors (Lipinski definition) is 4. The van der Waals surface area contributed by atoms with Crippen molar-refractivity contribution in [1.82, 2.24) is 0 Å². The summed E-state index contributed by atoms with van der Waals surface area (Å²) in [6.07, 6.45) is 3.53. The summed E-state index contributed by atoms with van der Waals surface area (Å²) in [5.74, 6) is 0. The van der Waals surface area contributed by atoms with E-state index < -0.39 is 5.63 Å². The number of benzene rings is 2. The van der Waals surface area contributed by atoms with E-state index in [1.807, 2.05) is 54.6 Å². The van der Waals surface area contributed by atoms with Crippen LogP contribution in [0.4, 0.5) is 5.69 Å². The second kappa shape index (κ2) is 6.70. The molecule has 114 valence electrons. The fourth-order valence-electron chi connectivity index (χ4n) is 2.19. The maximum absolute atomic E-state index is 12.2. The molecular formula is C18H15N3O2. The number of fused-ring (bicyclic) bond motifs is 1. The molecule has 0 aliphatic heterocycles. The molecule has 3 rings (SSSR count). The van der Waals surface area contributed by atoms with Gasteiger partial charge in [0.05, 0.1) is 7.05 Å². The lowest BCUT2D eigenvalue weighted by molar-refractivity contribution is 0.560. The molecule has 1 heterocycles. The first-order valence-corrected chi connectivity index (χ1v) is 7.13. The van der Waals surface area contributed by atoms with Gasteiger partial charge in [-0.15, -0.1) is 0 Å². The summed E-state index contributed by atoms with van der Waals surface area (Å²) in [5.41, 5.74) is 1.38. The fourth-order valence-corrected chi connectivity index (χ4v) is 2.19. The van der Waals surface area contributed by atoms with Gasteiger partial charge in [-0.1, -0.05) is 53.8 Å². The average molecular weight is 305 g/mol. The summed E-state index contributed by atoms with van der Waals surface area (Å²) in [6.45, 7) is 0. The van der Waals surface area contributed by atoms with Crippen molar-refractivity contribution in [1.29, 1.82) is 0 Å². The topological polar surface area (TPSA) is 58.2 Å². The van der Waals surface area contributed by atoms with E-state index in [1.165, 1.54) is 5.01 Å². The van der Waals surface area contributed by atoms with Crippen LogP contribution in [0.5, 0.6) is 0 Å². The third kappa shape index (κ3) is 3.35. The van der Waals surface area contributed by atoms with Crippen LogP contribution in [0.1, 0.15) is 5.56 Å². The van der Waals surface area contributed by atoms with Crippen LogP contribution in [0.15, 0.2) is 86.4 Å². The molecule has 0 N–H and O–H groups in total. The predicted molar refractivity (Wildman–Crippen MR) is 91.2 cm³/mol. The fraction of sp³-hybridized carbons (Fsp3) is 0.0556. The largest absolute Gasteiger partial charge is 0.421 e. The molecule has 0 fully saturated rings. The Balaban J connectivity index is 2.03. The van der Waals surface area contributed by atoms with E-state index in [0.717, 1.165) is 10.9 Å². The molecular weight excluding hydrogens is 290 g/mol. The normalized spacial score (nSPS) is 11.5. The molecule has 23 heavy (non-hydrogen) atoms. The van der Waals surface area contributed by atoms with Crippen molar-refractivity contribution >= 4 is 22.7 Å². The molecule has 0 saturated heterocycles. The standard InChI is InChI=1S/C18H15N3O2/c1-19-20-21(12-11-14-7-3-2-4-8-14)16-13-15-9-5-6-10-17(15)23-18(16)22/h2-13H,1H3/b12-11+,20-19?. The summed E-state index contributed by atoms with van der Waals surface area (Å²) in [5, 5.41) is 9.99. The van der Waals surface area contributed by atoms with Crippen molar-refractivity contribution in [2.75, 3.05) is 12.1 Å². The third-order valence-electron chi connectivity index (χ3n) is 3.26. The maximum Gasteiger partial charge on any atom is 0.362 e. The predicted octanol–water partition coefficient (Wildman–Crippen LogP) is 4.27. The zero-order chi connectivity index (χ0) is 16.1. The highest BCUT2D eigenvalue weighted by Crippen LogP contribution is 2.19. The van der Waals surface area contributed by atoms with Crippen molar-refractivity contribution in [2.45, 2.75) is 0 Å². The van der Waals surface area contributed by atoms with Crippen LogP contribution in [0, 0.1) is 0 Å². The molecule has 5 nitrogen and oxygen atoms in total. The Morgan fingerprint density at radius 3 is 2.57 bits per heavy atom. The van der Waals surface area contributed by atoms with Gasteiger partial charge in [-0.25, -0.2) is 9.80 Å². The maximum atomic E-state index is 12.2. The quantitative estimate of drug-likeness (QED) is 0.411. The number of anilines is 1. The monoisotopic (exact) mass is 305 g/mol. The number of rotatable bonds is 4. The van der Waals surface area contributed by atoms with E-state index in [4.69, 9.17) is 4.42 Å². The number of hydrogen-bond donors (Lipinski definition) is 0. The van der Waals surface area contributed by atoms with Crippen LogP contribution in [0.3, 0.4) is 0 Å². The molecule has 2 aromatic carbocycles. The highest BCUT2D eigenvalue weighted by atomic mass is 16.4. The second-order valence-corrected chi connectivity index (χ2v) is 4.82. The van der Waals surface area contributed by atoms with Crippen LogP contribution in [0.25, 0.3) is 17.0 Å². The van der Waals surface area contributed by atoms with E-state index >= 15 is 0 Å². The summed E-state index contributed by atoms with van der Waals surface area (Å²) >= 11 is 0. The Kier molecular flexibility index (Phi) is 4.29. The number of para-hydroxylation sites is 1. The lowest BCUT2D eigenvalue weighted by atomic mass is 10.2. The van der Waals surface area contributed by atoms with Gasteiger partial charge in [-0.05, 0) is 23.8 Å². The summed E-state index contributed by atoms with van der Waals surface area (Å²) in [4.78, 5) is 12.2. The Hall–Kier alpha value is -3.21. The SMILES string of the molecule is CN=NN(/C=C/c1ccccc1)c1cc2ccccc2oc1=O. The molecule has 5 heteroatoms. The van der Waals surface area contributed by atoms with E-state index in [-0.39, 0.29) is 0 Å². The molecule has 1 aromatic heterocycles. The highest BCUT2D eigenvalue weighted by molar-refractivity contribution is 5.79. The molecule has 0 aliphatic carbocycles. The zero-order valence-electron chi connectivity index (χ0n) is 12.6. The van der Waals surface area contributed by atoms with Gasteiger partial charge in [-0.2, -0.15) is 5.11 Å². The summed E-state index contributed by atoms with van der Waals surface area (Å²) < 4.78 is 5.34. The highest BCUT2D eigenvalue weighted by Gasteiger charge is 2.11. The van der Waals surface area contributed by atoms with Crippen LogP contribution in [-0.2, 0) is 0 Å². The molecule has 0 atom stereocenters. The average Bonchev–Trinajstić information content (AvgIpc) is 2.59. The molecule has 0 radical (unpaired) electrons. The molecule has 0 aliphatic rings. The van der Waals surface area contributed by atoms with Crippen molar-refractivity contribution in [3.05, 3.63) is 82.8 Å². The molecule has 0 spiro atoms. The molecule has 0 saturated carbocycles. The van der Waals surface area contributed by atoms with Crippen molar-refractivity contribution in [3.63, 3.8) is 0 Å². The van der Waals surface area contributed by atoms with Crippen LogP contribution >= 0.6 is 0 Å². The minimum atomic E-state index is -0.464. The van der Waals surface area contributed by atoms with Gasteiger partial charge >= 0.3 is 5.63 Å². The first-order valence-electron chi connectivity index (χ1n) is 7.13. The molecule has 3 aromatic rings. The van der Waals surface area contributed by atoms with E-state index in [0.29, 0.717) is 11.3 Å². The minimum Gasteiger partial charge on any atom is -0.421 e. The lowest BCUT2D eigenvalue weighted by Gasteiger charge is -2.11. The van der Waals surface area contributed by atoms with Gasteiger partial charge in [0.15, 0.2) is 5.69 Å². The Labute approximate surface area is 133 Å². The Morgan fingerprint density at radius 2 is 1.78 bits per heavy atom. The first kappa shape index (κ1) is 14.7. The number of nitrogens with zero attached hydrogens (tertiary/aromatic N) is 3. The summed E-state index contributed by atoms with van der Waals surface area (Å²) in [7, 11) is 1.55. The minimum absolute atomic E-state index is 0.307. The Bertz CT molecular complexity index is 914. The van der Waals surface area contributed by atoms with Gasteiger partial charge in [0, 0.05) is 11.6 Å². The van der Waals surface area contributed by atoms with Crippen molar-refractivity contribution < 1.29 is 4.42 Å². The van der Waals surface area contributed by atoms with Crippen molar-refractivity contribution in [3.8, 4) is 0 Å². The molecule has 0 bridgehead atoms. The van der Waals surface area contributed by atoms with Crippen LogP contribution in [0.2, 0.25) is 0 Å². The van der Waals surface area contributed by atoms with Gasteiger partial charge in [-0.3, -0.25) is 0 Å². The van der Waals surface area contributed by atoms with Crippen molar-refractivity contribution in [2.24, 2.45) is 10.3 Å². The van der Waals surface area contributed by atoms with Gasteiger partial charge in [0.25, 0.3) is 0 Å². The zero-order valence-corrected chi connectivity index (χ0v) is 12.6. The van der Waals surface area contributed by atoms with Gasteiger partial charge in [0.1, 0.15) is 5.58 Å².